The standard InChI is InChI=1S/C13H15N.C3H6O2.C2H6.CH4/c1-4-11-9(2)12-7-5-6-8-13(12)14-10(11)3;1-2-5-3-4;1-2;/h5-8H,4H2,1-3H3;3H,2H2,1H3;1-2H3;1H4. The van der Waals surface area contributed by atoms with E-state index in [2.05, 4.69) is 48.7 Å². The second kappa shape index (κ2) is 12.8. The van der Waals surface area contributed by atoms with Crippen molar-refractivity contribution in [3.05, 3.63) is 41.1 Å². The fraction of sp³-hybridized carbons (Fsp3) is 0.474. The van der Waals surface area contributed by atoms with E-state index in [1.807, 2.05) is 19.9 Å². The lowest BCUT2D eigenvalue weighted by Crippen LogP contribution is -1.96. The zero-order valence-corrected chi connectivity index (χ0v) is 14.1. The Hall–Kier alpha value is -1.90. The van der Waals surface area contributed by atoms with Crippen molar-refractivity contribution in [1.29, 1.82) is 0 Å². The van der Waals surface area contributed by atoms with E-state index in [1.165, 1.54) is 22.2 Å². The monoisotopic (exact) mass is 305 g/mol. The summed E-state index contributed by atoms with van der Waals surface area (Å²) in [6.07, 6.45) is 1.06. The molecule has 2 rings (SSSR count). The van der Waals surface area contributed by atoms with Crippen molar-refractivity contribution < 1.29 is 9.53 Å². The Bertz CT molecular complexity index is 550. The number of benzene rings is 1. The van der Waals surface area contributed by atoms with E-state index in [0.717, 1.165) is 11.9 Å². The first kappa shape index (κ1) is 22.4. The second-order valence-corrected chi connectivity index (χ2v) is 4.22. The number of aromatic nitrogens is 1. The third kappa shape index (κ3) is 6.25. The minimum absolute atomic E-state index is 0. The van der Waals surface area contributed by atoms with Gasteiger partial charge in [-0.15, -0.1) is 0 Å². The molecule has 0 radical (unpaired) electrons. The van der Waals surface area contributed by atoms with Crippen LogP contribution in [0.15, 0.2) is 24.3 Å². The summed E-state index contributed by atoms with van der Waals surface area (Å²) < 4.78 is 4.15. The van der Waals surface area contributed by atoms with Crippen LogP contribution in [0.3, 0.4) is 0 Å². The number of para-hydroxylation sites is 1. The molecule has 0 fully saturated rings. The first-order chi connectivity index (χ1) is 10.2. The fourth-order valence-corrected chi connectivity index (χ4v) is 2.16. The molecule has 0 amide bonds. The minimum atomic E-state index is 0. The summed E-state index contributed by atoms with van der Waals surface area (Å²) in [5, 5.41) is 1.29. The van der Waals surface area contributed by atoms with E-state index in [1.54, 1.807) is 6.92 Å². The fourth-order valence-electron chi connectivity index (χ4n) is 2.16. The third-order valence-corrected chi connectivity index (χ3v) is 3.07. The van der Waals surface area contributed by atoms with Crippen LogP contribution in [0.25, 0.3) is 10.9 Å². The smallest absolute Gasteiger partial charge is 0.293 e. The Morgan fingerprint density at radius 1 is 1.14 bits per heavy atom. The van der Waals surface area contributed by atoms with E-state index in [0.29, 0.717) is 13.1 Å². The molecule has 1 heterocycles. The highest BCUT2D eigenvalue weighted by Gasteiger charge is 2.06. The van der Waals surface area contributed by atoms with Gasteiger partial charge in [0.25, 0.3) is 6.47 Å². The maximum absolute atomic E-state index is 9.18. The average Bonchev–Trinajstić information content (AvgIpc) is 2.51. The molecule has 22 heavy (non-hydrogen) atoms. The van der Waals surface area contributed by atoms with Gasteiger partial charge in [0.05, 0.1) is 12.1 Å². The van der Waals surface area contributed by atoms with Gasteiger partial charge in [-0.05, 0) is 44.4 Å². The van der Waals surface area contributed by atoms with Crippen LogP contribution in [0, 0.1) is 13.8 Å². The number of hydrogen-bond acceptors (Lipinski definition) is 3. The van der Waals surface area contributed by atoms with Crippen LogP contribution in [-0.2, 0) is 16.0 Å². The van der Waals surface area contributed by atoms with Crippen molar-refractivity contribution in [1.82, 2.24) is 4.98 Å². The Morgan fingerprint density at radius 2 is 1.73 bits per heavy atom. The lowest BCUT2D eigenvalue weighted by molar-refractivity contribution is -0.128. The highest BCUT2D eigenvalue weighted by atomic mass is 16.5. The van der Waals surface area contributed by atoms with Crippen molar-refractivity contribution in [3.8, 4) is 0 Å². The number of carbonyl (C=O) groups is 1. The Kier molecular flexibility index (Phi) is 13.0. The molecule has 0 aliphatic rings. The summed E-state index contributed by atoms with van der Waals surface area (Å²) >= 11 is 0. The molecule has 0 spiro atoms. The van der Waals surface area contributed by atoms with Gasteiger partial charge in [-0.25, -0.2) is 0 Å². The molecule has 2 aromatic rings. The molecule has 0 saturated carbocycles. The largest absolute Gasteiger partial charge is 0.468 e. The SMILES string of the molecule is C.CC.CCOC=O.CCc1c(C)nc2ccccc2c1C. The lowest BCUT2D eigenvalue weighted by Gasteiger charge is -2.10. The first-order valence-corrected chi connectivity index (χ1v) is 7.55. The normalized spacial score (nSPS) is 8.64. The van der Waals surface area contributed by atoms with E-state index in [-0.39, 0.29) is 7.43 Å². The molecule has 1 aromatic carbocycles. The van der Waals surface area contributed by atoms with Gasteiger partial charge in [0.1, 0.15) is 0 Å². The van der Waals surface area contributed by atoms with Crippen LogP contribution < -0.4 is 0 Å². The average molecular weight is 305 g/mol. The number of pyridine rings is 1. The van der Waals surface area contributed by atoms with Crippen molar-refractivity contribution in [2.24, 2.45) is 0 Å². The molecule has 0 bridgehead atoms. The van der Waals surface area contributed by atoms with Crippen LogP contribution in [-0.4, -0.2) is 18.1 Å². The summed E-state index contributed by atoms with van der Waals surface area (Å²) in [4.78, 5) is 13.8. The lowest BCUT2D eigenvalue weighted by atomic mass is 10.0. The van der Waals surface area contributed by atoms with Crippen molar-refractivity contribution in [2.75, 3.05) is 6.61 Å². The number of ether oxygens (including phenoxy) is 1. The van der Waals surface area contributed by atoms with Gasteiger partial charge in [0.15, 0.2) is 0 Å². The second-order valence-electron chi connectivity index (χ2n) is 4.22. The predicted molar refractivity (Wildman–Crippen MR) is 96.4 cm³/mol. The highest BCUT2D eigenvalue weighted by molar-refractivity contribution is 5.83. The van der Waals surface area contributed by atoms with Gasteiger partial charge in [-0.1, -0.05) is 46.4 Å². The van der Waals surface area contributed by atoms with Gasteiger partial charge in [0.2, 0.25) is 0 Å². The number of rotatable bonds is 3. The molecule has 0 saturated heterocycles. The van der Waals surface area contributed by atoms with E-state index < -0.39 is 0 Å². The predicted octanol–water partition coefficient (Wildman–Crippen LogP) is 5.26. The zero-order chi connectivity index (χ0) is 16.3. The van der Waals surface area contributed by atoms with Crippen LogP contribution in [0.5, 0.6) is 0 Å². The highest BCUT2D eigenvalue weighted by Crippen LogP contribution is 2.22. The summed E-state index contributed by atoms with van der Waals surface area (Å²) in [6.45, 7) is 13.1. The van der Waals surface area contributed by atoms with Crippen molar-refractivity contribution in [2.45, 2.75) is 55.4 Å². The summed E-state index contributed by atoms with van der Waals surface area (Å²) in [5.74, 6) is 0. The number of aryl methyl sites for hydroxylation is 2. The van der Waals surface area contributed by atoms with Gasteiger partial charge in [-0.2, -0.15) is 0 Å². The molecule has 0 unspecified atom stereocenters. The number of carbonyl (C=O) groups excluding carboxylic acids is 1. The molecule has 0 atom stereocenters. The van der Waals surface area contributed by atoms with Gasteiger partial charge < -0.3 is 4.74 Å². The molecule has 0 aliphatic carbocycles. The number of nitrogens with zero attached hydrogens (tertiary/aromatic N) is 1. The summed E-state index contributed by atoms with van der Waals surface area (Å²) in [7, 11) is 0. The quantitative estimate of drug-likeness (QED) is 0.726. The Morgan fingerprint density at radius 3 is 2.18 bits per heavy atom. The maximum Gasteiger partial charge on any atom is 0.293 e. The van der Waals surface area contributed by atoms with E-state index in [9.17, 15) is 4.79 Å². The summed E-state index contributed by atoms with van der Waals surface area (Å²) in [5.41, 5.74) is 5.06. The van der Waals surface area contributed by atoms with Crippen LogP contribution in [0.2, 0.25) is 0 Å². The van der Waals surface area contributed by atoms with E-state index >= 15 is 0 Å². The molecule has 3 heteroatoms. The van der Waals surface area contributed by atoms with Crippen LogP contribution >= 0.6 is 0 Å². The van der Waals surface area contributed by atoms with Gasteiger partial charge in [-0.3, -0.25) is 9.78 Å². The Balaban J connectivity index is 0. The zero-order valence-electron chi connectivity index (χ0n) is 14.1. The van der Waals surface area contributed by atoms with Crippen LogP contribution in [0.4, 0.5) is 0 Å². The maximum atomic E-state index is 9.18. The number of fused-ring (bicyclic) bond motifs is 1. The molecule has 3 nitrogen and oxygen atoms in total. The summed E-state index contributed by atoms with van der Waals surface area (Å²) in [6, 6.07) is 8.34. The molecular weight excluding hydrogens is 274 g/mol. The molecular formula is C19H31NO2. The minimum Gasteiger partial charge on any atom is -0.468 e. The topological polar surface area (TPSA) is 39.2 Å². The van der Waals surface area contributed by atoms with Crippen LogP contribution in [0.1, 0.15) is 51.9 Å². The third-order valence-electron chi connectivity index (χ3n) is 3.07. The molecule has 124 valence electrons. The van der Waals surface area contributed by atoms with Gasteiger partial charge >= 0.3 is 0 Å². The van der Waals surface area contributed by atoms with E-state index in [4.69, 9.17) is 0 Å². The molecule has 1 aromatic heterocycles. The van der Waals surface area contributed by atoms with Crippen molar-refractivity contribution >= 4 is 17.4 Å². The van der Waals surface area contributed by atoms with Crippen molar-refractivity contribution in [3.63, 3.8) is 0 Å². The van der Waals surface area contributed by atoms with Gasteiger partial charge in [0, 0.05) is 11.1 Å². The Labute approximate surface area is 135 Å². The molecule has 0 aliphatic heterocycles. The number of hydrogen-bond donors (Lipinski definition) is 0. The first-order valence-electron chi connectivity index (χ1n) is 7.55. The molecule has 0 N–H and O–H groups in total.